The number of halogens is 2. The summed E-state index contributed by atoms with van der Waals surface area (Å²) in [4.78, 5) is 14.9. The van der Waals surface area contributed by atoms with Crippen LogP contribution in [0, 0.1) is 0 Å². The van der Waals surface area contributed by atoms with Crippen LogP contribution in [0.2, 0.25) is 10.0 Å². The molecular weight excluding hydrogens is 353 g/mol. The summed E-state index contributed by atoms with van der Waals surface area (Å²) in [6.45, 7) is 4.20. The van der Waals surface area contributed by atoms with Crippen LogP contribution in [0.25, 0.3) is 0 Å². The van der Waals surface area contributed by atoms with E-state index in [2.05, 4.69) is 43.0 Å². The van der Waals surface area contributed by atoms with Crippen molar-refractivity contribution in [3.05, 3.63) is 69.7 Å². The van der Waals surface area contributed by atoms with Crippen molar-refractivity contribution in [1.29, 1.82) is 0 Å². The molecule has 0 aromatic heterocycles. The lowest BCUT2D eigenvalue weighted by atomic mass is 9.79. The fourth-order valence-electron chi connectivity index (χ4n) is 4.90. The predicted octanol–water partition coefficient (Wildman–Crippen LogP) is 5.56. The van der Waals surface area contributed by atoms with Crippen molar-refractivity contribution in [3.63, 3.8) is 0 Å². The Morgan fingerprint density at radius 1 is 1.00 bits per heavy atom. The van der Waals surface area contributed by atoms with Crippen LogP contribution >= 0.6 is 23.2 Å². The van der Waals surface area contributed by atoms with Crippen molar-refractivity contribution in [1.82, 2.24) is 4.90 Å². The van der Waals surface area contributed by atoms with E-state index < -0.39 is 0 Å². The van der Waals surface area contributed by atoms with Gasteiger partial charge in [-0.1, -0.05) is 47.5 Å². The first-order valence-corrected chi connectivity index (χ1v) is 9.51. The number of benzene rings is 2. The summed E-state index contributed by atoms with van der Waals surface area (Å²) in [5.74, 6) is 0.236. The van der Waals surface area contributed by atoms with Crippen molar-refractivity contribution in [2.75, 3.05) is 0 Å². The zero-order chi connectivity index (χ0) is 17.8. The highest BCUT2D eigenvalue weighted by Crippen LogP contribution is 2.71. The van der Waals surface area contributed by atoms with Crippen molar-refractivity contribution >= 4 is 29.1 Å². The number of amides is 1. The van der Waals surface area contributed by atoms with Crippen LogP contribution in [-0.2, 0) is 15.7 Å². The lowest BCUT2D eigenvalue weighted by Crippen LogP contribution is -2.52. The SMILES string of the molecule is CC(C)N1C(=O)CC[C@@]2(c3cccc(Cl)c3)C[C@]12c1ccc(Cl)cc1. The van der Waals surface area contributed by atoms with Crippen LogP contribution in [0.15, 0.2) is 48.5 Å². The Balaban J connectivity index is 1.91. The zero-order valence-electron chi connectivity index (χ0n) is 14.4. The third kappa shape index (κ3) is 2.34. The first-order chi connectivity index (χ1) is 11.9. The molecule has 2 nitrogen and oxygen atoms in total. The second-order valence-corrected chi connectivity index (χ2v) is 8.37. The average molecular weight is 374 g/mol. The first-order valence-electron chi connectivity index (χ1n) is 8.75. The Bertz CT molecular complexity index is 832. The van der Waals surface area contributed by atoms with Crippen LogP contribution in [0.5, 0.6) is 0 Å². The van der Waals surface area contributed by atoms with Crippen LogP contribution in [0.1, 0.15) is 44.2 Å². The molecule has 2 aromatic carbocycles. The number of likely N-dealkylation sites (tertiary alicyclic amines) is 1. The Morgan fingerprint density at radius 2 is 1.72 bits per heavy atom. The van der Waals surface area contributed by atoms with Crippen LogP contribution in [-0.4, -0.2) is 16.8 Å². The van der Waals surface area contributed by atoms with Gasteiger partial charge in [0.05, 0.1) is 5.54 Å². The van der Waals surface area contributed by atoms with E-state index in [1.54, 1.807) is 0 Å². The molecule has 1 saturated carbocycles. The van der Waals surface area contributed by atoms with Gasteiger partial charge in [0.25, 0.3) is 0 Å². The second kappa shape index (κ2) is 5.75. The van der Waals surface area contributed by atoms with Crippen molar-refractivity contribution in [2.24, 2.45) is 0 Å². The lowest BCUT2D eigenvalue weighted by molar-refractivity contribution is -0.140. The quantitative estimate of drug-likeness (QED) is 0.689. The van der Waals surface area contributed by atoms with Crippen LogP contribution in [0.4, 0.5) is 0 Å². The van der Waals surface area contributed by atoms with Gasteiger partial charge in [0.2, 0.25) is 5.91 Å². The minimum atomic E-state index is -0.300. The van der Waals surface area contributed by atoms with Gasteiger partial charge in [-0.2, -0.15) is 0 Å². The third-order valence-corrected chi connectivity index (χ3v) is 6.37. The van der Waals surface area contributed by atoms with Gasteiger partial charge in [-0.3, -0.25) is 4.79 Å². The molecule has 130 valence electrons. The maximum absolute atomic E-state index is 12.8. The summed E-state index contributed by atoms with van der Waals surface area (Å²) in [5, 5.41) is 1.46. The molecule has 2 aliphatic rings. The van der Waals surface area contributed by atoms with E-state index in [-0.39, 0.29) is 22.9 Å². The number of fused-ring (bicyclic) bond motifs is 1. The number of carbonyl (C=O) groups is 1. The largest absolute Gasteiger partial charge is 0.330 e. The Labute approximate surface area is 158 Å². The van der Waals surface area contributed by atoms with Crippen LogP contribution < -0.4 is 0 Å². The average Bonchev–Trinajstić information content (AvgIpc) is 3.26. The Kier molecular flexibility index (Phi) is 3.90. The molecule has 0 bridgehead atoms. The molecule has 4 rings (SSSR count). The fourth-order valence-corrected chi connectivity index (χ4v) is 5.22. The summed E-state index contributed by atoms with van der Waals surface area (Å²) >= 11 is 12.4. The molecule has 2 aromatic rings. The monoisotopic (exact) mass is 373 g/mol. The number of nitrogens with zero attached hydrogens (tertiary/aromatic N) is 1. The van der Waals surface area contributed by atoms with Gasteiger partial charge in [0, 0.05) is 27.9 Å². The van der Waals surface area contributed by atoms with E-state index in [1.165, 1.54) is 11.1 Å². The van der Waals surface area contributed by atoms with Crippen LogP contribution in [0.3, 0.4) is 0 Å². The third-order valence-electron chi connectivity index (χ3n) is 5.89. The normalized spacial score (nSPS) is 28.2. The highest BCUT2D eigenvalue weighted by molar-refractivity contribution is 6.30. The van der Waals surface area contributed by atoms with Crippen molar-refractivity contribution < 1.29 is 4.79 Å². The van der Waals surface area contributed by atoms with Gasteiger partial charge in [0.15, 0.2) is 0 Å². The first kappa shape index (κ1) is 16.9. The highest BCUT2D eigenvalue weighted by atomic mass is 35.5. The molecule has 0 spiro atoms. The molecule has 0 N–H and O–H groups in total. The topological polar surface area (TPSA) is 20.3 Å². The molecule has 2 atom stereocenters. The van der Waals surface area contributed by atoms with E-state index in [0.29, 0.717) is 11.4 Å². The van der Waals surface area contributed by atoms with Crippen molar-refractivity contribution in [2.45, 2.75) is 50.1 Å². The van der Waals surface area contributed by atoms with Gasteiger partial charge >= 0.3 is 0 Å². The summed E-state index contributed by atoms with van der Waals surface area (Å²) in [6.07, 6.45) is 2.38. The molecule has 0 radical (unpaired) electrons. The zero-order valence-corrected chi connectivity index (χ0v) is 15.9. The van der Waals surface area contributed by atoms with E-state index in [9.17, 15) is 4.79 Å². The minimum Gasteiger partial charge on any atom is -0.330 e. The molecule has 1 heterocycles. The molecule has 25 heavy (non-hydrogen) atoms. The second-order valence-electron chi connectivity index (χ2n) is 7.49. The standard InChI is InChI=1S/C21H21Cl2NO/c1-14(2)24-19(25)10-11-20(16-4-3-5-18(23)12-16)13-21(20,24)15-6-8-17(22)9-7-15/h3-9,12,14H,10-11,13H2,1-2H3/t20-,21+/m0/s1. The summed E-state index contributed by atoms with van der Waals surface area (Å²) in [7, 11) is 0. The Morgan fingerprint density at radius 3 is 2.36 bits per heavy atom. The van der Waals surface area contributed by atoms with Gasteiger partial charge in [0.1, 0.15) is 0 Å². The Hall–Kier alpha value is -1.51. The van der Waals surface area contributed by atoms with Gasteiger partial charge in [-0.25, -0.2) is 0 Å². The van der Waals surface area contributed by atoms with E-state index in [0.717, 1.165) is 17.9 Å². The molecule has 2 fully saturated rings. The minimum absolute atomic E-state index is 0.0656. The maximum atomic E-state index is 12.8. The maximum Gasteiger partial charge on any atom is 0.223 e. The van der Waals surface area contributed by atoms with E-state index in [1.807, 2.05) is 24.3 Å². The smallest absolute Gasteiger partial charge is 0.223 e. The summed E-state index contributed by atoms with van der Waals surface area (Å²) in [5.41, 5.74) is 2.03. The summed E-state index contributed by atoms with van der Waals surface area (Å²) in [6, 6.07) is 16.3. The van der Waals surface area contributed by atoms with Gasteiger partial charge < -0.3 is 4.90 Å². The molecule has 4 heteroatoms. The molecule has 1 saturated heterocycles. The highest BCUT2D eigenvalue weighted by Gasteiger charge is 2.74. The number of piperidine rings is 1. The number of hydrogen-bond donors (Lipinski definition) is 0. The lowest BCUT2D eigenvalue weighted by Gasteiger charge is -2.44. The molecule has 1 amide bonds. The van der Waals surface area contributed by atoms with Crippen molar-refractivity contribution in [3.8, 4) is 0 Å². The van der Waals surface area contributed by atoms with E-state index >= 15 is 0 Å². The number of carbonyl (C=O) groups excluding carboxylic acids is 1. The van der Waals surface area contributed by atoms with E-state index in [4.69, 9.17) is 23.2 Å². The fraction of sp³-hybridized carbons (Fsp3) is 0.381. The molecular formula is C21H21Cl2NO. The van der Waals surface area contributed by atoms with Gasteiger partial charge in [-0.15, -0.1) is 0 Å². The summed E-state index contributed by atoms with van der Waals surface area (Å²) < 4.78 is 0. The molecule has 1 aliphatic heterocycles. The molecule has 0 unspecified atom stereocenters. The number of hydrogen-bond acceptors (Lipinski definition) is 1. The number of rotatable bonds is 3. The predicted molar refractivity (Wildman–Crippen MR) is 102 cm³/mol. The van der Waals surface area contributed by atoms with Gasteiger partial charge in [-0.05, 0) is 62.1 Å². The molecule has 1 aliphatic carbocycles.